The fraction of sp³-hybridized carbons (Fsp3) is 0. The highest BCUT2D eigenvalue weighted by Gasteiger charge is 2.30. The molecule has 2 aliphatic rings. The van der Waals surface area contributed by atoms with E-state index in [1.54, 1.807) is 0 Å². The van der Waals surface area contributed by atoms with Gasteiger partial charge < -0.3 is 19.3 Å². The van der Waals surface area contributed by atoms with Gasteiger partial charge in [-0.15, -0.1) is 0 Å². The number of fused-ring (bicyclic) bond motifs is 8. The van der Waals surface area contributed by atoms with Crippen LogP contribution in [0.2, 0.25) is 0 Å². The Morgan fingerprint density at radius 3 is 0.878 bits per heavy atom. The predicted octanol–water partition coefficient (Wildman–Crippen LogP) is 20.1. The number of hydrogen-bond donors (Lipinski definition) is 0. The molecule has 0 fully saturated rings. The van der Waals surface area contributed by atoms with Crippen molar-refractivity contribution in [3.63, 3.8) is 0 Å². The Balaban J connectivity index is 1.13. The van der Waals surface area contributed by atoms with Crippen LogP contribution in [0.1, 0.15) is 0 Å². The molecule has 0 bridgehead atoms. The van der Waals surface area contributed by atoms with Crippen molar-refractivity contribution in [3.8, 4) is 67.5 Å². The van der Waals surface area contributed by atoms with Gasteiger partial charge in [-0.2, -0.15) is 0 Å². The smallest absolute Gasteiger partial charge is 0.151 e. The number of hydrogen-bond acceptors (Lipinski definition) is 4. The zero-order chi connectivity index (χ0) is 48.7. The minimum atomic E-state index is 0.814. The van der Waals surface area contributed by atoms with Crippen molar-refractivity contribution >= 4 is 77.2 Å². The maximum atomic E-state index is 6.59. The molecule has 4 nitrogen and oxygen atoms in total. The molecular weight excluding hydrogens is 901 g/mol. The summed E-state index contributed by atoms with van der Waals surface area (Å²) in [5.41, 5.74) is 15.3. The van der Waals surface area contributed by atoms with Crippen LogP contribution in [-0.2, 0) is 0 Å². The molecule has 2 heterocycles. The molecule has 13 aromatic rings. The lowest BCUT2D eigenvalue weighted by Gasteiger charge is -2.34. The van der Waals surface area contributed by atoms with E-state index in [1.165, 1.54) is 32.7 Å². The summed E-state index contributed by atoms with van der Waals surface area (Å²) in [6, 6.07) is 96.5. The third kappa shape index (κ3) is 6.69. The van der Waals surface area contributed by atoms with Crippen LogP contribution in [0.4, 0.5) is 34.1 Å². The number of para-hydroxylation sites is 8. The average molecular weight is 945 g/mol. The van der Waals surface area contributed by atoms with Crippen molar-refractivity contribution in [2.24, 2.45) is 0 Å². The summed E-state index contributed by atoms with van der Waals surface area (Å²) >= 11 is 0. The van der Waals surface area contributed by atoms with Gasteiger partial charge in [0.05, 0.1) is 22.7 Å². The van der Waals surface area contributed by atoms with Gasteiger partial charge in [-0.1, -0.05) is 170 Å². The van der Waals surface area contributed by atoms with Gasteiger partial charge >= 0.3 is 0 Å². The molecule has 0 amide bonds. The van der Waals surface area contributed by atoms with Crippen LogP contribution in [0, 0.1) is 0 Å². The van der Waals surface area contributed by atoms with E-state index in [2.05, 4.69) is 252 Å². The van der Waals surface area contributed by atoms with E-state index >= 15 is 0 Å². The highest BCUT2D eigenvalue weighted by atomic mass is 16.5. The van der Waals surface area contributed by atoms with Crippen LogP contribution in [0.25, 0.3) is 87.6 Å². The van der Waals surface area contributed by atoms with E-state index in [0.29, 0.717) is 0 Å². The van der Waals surface area contributed by atoms with E-state index < -0.39 is 0 Å². The van der Waals surface area contributed by atoms with E-state index in [0.717, 1.165) is 112 Å². The molecule has 74 heavy (non-hydrogen) atoms. The number of anilines is 6. The number of rotatable bonds is 6. The van der Waals surface area contributed by atoms with Gasteiger partial charge in [0.2, 0.25) is 0 Å². The van der Waals surface area contributed by atoms with Crippen molar-refractivity contribution < 1.29 is 9.47 Å². The van der Waals surface area contributed by atoms with Crippen LogP contribution in [0.15, 0.2) is 267 Å². The Kier molecular flexibility index (Phi) is 9.54. The Morgan fingerprint density at radius 1 is 0.230 bits per heavy atom. The molecule has 0 aromatic heterocycles. The molecule has 0 aliphatic carbocycles. The largest absolute Gasteiger partial charge is 0.453 e. The third-order valence-corrected chi connectivity index (χ3v) is 14.9. The maximum absolute atomic E-state index is 6.59. The summed E-state index contributed by atoms with van der Waals surface area (Å²) in [7, 11) is 0. The molecular formula is C70H44N2O2. The molecule has 13 aromatic carbocycles. The van der Waals surface area contributed by atoms with Gasteiger partial charge in [0, 0.05) is 11.4 Å². The summed E-state index contributed by atoms with van der Waals surface area (Å²) in [5.74, 6) is 3.26. The van der Waals surface area contributed by atoms with Crippen LogP contribution in [-0.4, -0.2) is 0 Å². The van der Waals surface area contributed by atoms with Crippen LogP contribution < -0.4 is 19.3 Å². The second-order valence-corrected chi connectivity index (χ2v) is 19.2. The Bertz CT molecular complexity index is 4020. The minimum absolute atomic E-state index is 0.814. The van der Waals surface area contributed by atoms with Crippen molar-refractivity contribution in [2.45, 2.75) is 0 Å². The molecule has 346 valence electrons. The second-order valence-electron chi connectivity index (χ2n) is 19.2. The summed E-state index contributed by atoms with van der Waals surface area (Å²) in [6.07, 6.45) is 0. The molecule has 0 saturated carbocycles. The van der Waals surface area contributed by atoms with E-state index in [1.807, 2.05) is 24.3 Å². The van der Waals surface area contributed by atoms with Crippen molar-refractivity contribution in [3.05, 3.63) is 267 Å². The standard InChI is InChI=1S/C70H44N2O2/c1-3-19-45(20-4-1)55-39-47-23-7-9-25-49(47)41-57(55)69-53-37-35-52(72-63-29-13-17-33-67(63)74-68-34-18-14-30-64(68)72)44-60(53)70(58-42-50-26-10-8-24-48(50)40-56(58)46-21-5-2-6-22-46)54-38-36-51(43-59(54)69)71-61-27-11-15-31-65(61)73-66-32-16-12-28-62(66)71/h1-44H. The first-order valence-electron chi connectivity index (χ1n) is 25.2. The van der Waals surface area contributed by atoms with Gasteiger partial charge in [0.25, 0.3) is 0 Å². The fourth-order valence-electron chi connectivity index (χ4n) is 11.6. The lowest BCUT2D eigenvalue weighted by Crippen LogP contribution is -2.16. The van der Waals surface area contributed by atoms with Crippen LogP contribution in [0.3, 0.4) is 0 Å². The predicted molar refractivity (Wildman–Crippen MR) is 308 cm³/mol. The summed E-state index contributed by atoms with van der Waals surface area (Å²) in [5, 5.41) is 9.31. The summed E-state index contributed by atoms with van der Waals surface area (Å²) in [4.78, 5) is 4.73. The summed E-state index contributed by atoms with van der Waals surface area (Å²) in [6.45, 7) is 0. The molecule has 0 N–H and O–H groups in total. The van der Waals surface area contributed by atoms with Gasteiger partial charge in [0.15, 0.2) is 23.0 Å². The highest BCUT2D eigenvalue weighted by Crippen LogP contribution is 2.56. The summed E-state index contributed by atoms with van der Waals surface area (Å²) < 4.78 is 13.2. The number of nitrogens with zero attached hydrogens (tertiary/aromatic N) is 2. The Hall–Kier alpha value is -9.90. The average Bonchev–Trinajstić information content (AvgIpc) is 3.48. The normalized spacial score (nSPS) is 12.5. The van der Waals surface area contributed by atoms with Crippen LogP contribution in [0.5, 0.6) is 23.0 Å². The molecule has 0 saturated heterocycles. The molecule has 0 spiro atoms. The molecule has 0 atom stereocenters. The van der Waals surface area contributed by atoms with Crippen LogP contribution >= 0.6 is 0 Å². The van der Waals surface area contributed by atoms with Gasteiger partial charge in [0.1, 0.15) is 0 Å². The van der Waals surface area contributed by atoms with Crippen molar-refractivity contribution in [2.75, 3.05) is 9.80 Å². The SMILES string of the molecule is c1ccc(-c2cc3ccccc3cc2-c2c3ccc(N4c5ccccc5Oc5ccccc54)cc3c(-c3cc4ccccc4cc3-c3ccccc3)c3ccc(N4c5ccccc5Oc5ccccc54)cc23)cc1. The van der Waals surface area contributed by atoms with E-state index in [9.17, 15) is 0 Å². The minimum Gasteiger partial charge on any atom is -0.453 e. The lowest BCUT2D eigenvalue weighted by atomic mass is 9.81. The first kappa shape index (κ1) is 41.8. The van der Waals surface area contributed by atoms with Crippen molar-refractivity contribution in [1.82, 2.24) is 0 Å². The lowest BCUT2D eigenvalue weighted by molar-refractivity contribution is 0.477. The van der Waals surface area contributed by atoms with Gasteiger partial charge in [-0.25, -0.2) is 0 Å². The first-order chi connectivity index (χ1) is 36.7. The van der Waals surface area contributed by atoms with E-state index in [-0.39, 0.29) is 0 Å². The van der Waals surface area contributed by atoms with E-state index in [4.69, 9.17) is 9.47 Å². The molecule has 4 heteroatoms. The third-order valence-electron chi connectivity index (χ3n) is 14.9. The van der Waals surface area contributed by atoms with Gasteiger partial charge in [-0.3, -0.25) is 0 Å². The zero-order valence-electron chi connectivity index (χ0n) is 40.1. The monoisotopic (exact) mass is 944 g/mol. The second kappa shape index (κ2) is 16.9. The van der Waals surface area contributed by atoms with Crippen molar-refractivity contribution in [1.29, 1.82) is 0 Å². The van der Waals surface area contributed by atoms with Gasteiger partial charge in [-0.05, 0) is 185 Å². The first-order valence-corrected chi connectivity index (χ1v) is 25.2. The fourth-order valence-corrected chi connectivity index (χ4v) is 11.6. The molecule has 0 unspecified atom stereocenters. The quantitative estimate of drug-likeness (QED) is 0.155. The maximum Gasteiger partial charge on any atom is 0.151 e. The molecule has 2 aliphatic heterocycles. The highest BCUT2D eigenvalue weighted by molar-refractivity contribution is 6.25. The Morgan fingerprint density at radius 2 is 0.527 bits per heavy atom. The zero-order valence-corrected chi connectivity index (χ0v) is 40.1. The number of benzene rings is 13. The Labute approximate surface area is 428 Å². The number of ether oxygens (including phenoxy) is 2. The molecule has 15 rings (SSSR count). The molecule has 0 radical (unpaired) electrons. The topological polar surface area (TPSA) is 24.9 Å².